The average molecular weight is 431 g/mol. The number of amides is 3. The van der Waals surface area contributed by atoms with Crippen LogP contribution in [0.1, 0.15) is 31.2 Å². The van der Waals surface area contributed by atoms with Gasteiger partial charge in [-0.1, -0.05) is 6.07 Å². The lowest BCUT2D eigenvalue weighted by Gasteiger charge is -2.40. The van der Waals surface area contributed by atoms with E-state index < -0.39 is 29.7 Å². The summed E-state index contributed by atoms with van der Waals surface area (Å²) in [6.07, 6.45) is 3.07. The number of carbonyl (C=O) groups is 4. The molecule has 3 rings (SSSR count). The molecule has 4 N–H and O–H groups in total. The molecule has 2 aliphatic heterocycles. The molecule has 2 atom stereocenters. The van der Waals surface area contributed by atoms with Crippen molar-refractivity contribution in [3.8, 4) is 0 Å². The van der Waals surface area contributed by atoms with E-state index in [4.69, 9.17) is 11.5 Å². The van der Waals surface area contributed by atoms with Crippen molar-refractivity contribution in [1.29, 1.82) is 0 Å². The first-order chi connectivity index (χ1) is 14.8. The quantitative estimate of drug-likeness (QED) is 0.514. The third-order valence-corrected chi connectivity index (χ3v) is 6.10. The van der Waals surface area contributed by atoms with Crippen LogP contribution in [0.15, 0.2) is 18.3 Å². The molecule has 3 amide bonds. The highest BCUT2D eigenvalue weighted by Crippen LogP contribution is 2.25. The van der Waals surface area contributed by atoms with Gasteiger partial charge in [0.05, 0.1) is 12.1 Å². The zero-order valence-corrected chi connectivity index (χ0v) is 17.8. The molecule has 1 aromatic rings. The van der Waals surface area contributed by atoms with Gasteiger partial charge in [0.25, 0.3) is 5.91 Å². The minimum atomic E-state index is -1.02. The van der Waals surface area contributed by atoms with Crippen LogP contribution in [0.2, 0.25) is 0 Å². The van der Waals surface area contributed by atoms with Crippen molar-refractivity contribution < 1.29 is 19.2 Å². The monoisotopic (exact) mass is 430 g/mol. The summed E-state index contributed by atoms with van der Waals surface area (Å²) in [6.45, 7) is 4.82. The first kappa shape index (κ1) is 22.7. The second-order valence-corrected chi connectivity index (χ2v) is 8.10. The van der Waals surface area contributed by atoms with Gasteiger partial charge in [0.1, 0.15) is 5.82 Å². The van der Waals surface area contributed by atoms with Gasteiger partial charge < -0.3 is 21.3 Å². The van der Waals surface area contributed by atoms with Crippen molar-refractivity contribution in [2.45, 2.75) is 44.7 Å². The van der Waals surface area contributed by atoms with E-state index in [1.807, 2.05) is 19.1 Å². The molecule has 31 heavy (non-hydrogen) atoms. The van der Waals surface area contributed by atoms with Crippen LogP contribution < -0.4 is 16.4 Å². The number of hydrogen-bond acceptors (Lipinski definition) is 7. The molecular formula is C21H30N6O4. The van der Waals surface area contributed by atoms with Crippen molar-refractivity contribution in [2.24, 2.45) is 11.5 Å². The fourth-order valence-electron chi connectivity index (χ4n) is 4.45. The summed E-state index contributed by atoms with van der Waals surface area (Å²) in [7, 11) is 0. The molecule has 0 aliphatic carbocycles. The predicted octanol–water partition coefficient (Wildman–Crippen LogP) is -0.808. The number of aromatic nitrogens is 1. The molecule has 2 fully saturated rings. The van der Waals surface area contributed by atoms with Crippen LogP contribution in [0.25, 0.3) is 0 Å². The van der Waals surface area contributed by atoms with Gasteiger partial charge in [-0.25, -0.2) is 4.98 Å². The number of hydrogen-bond donors (Lipinski definition) is 2. The van der Waals surface area contributed by atoms with E-state index in [0.717, 1.165) is 17.8 Å². The van der Waals surface area contributed by atoms with E-state index in [1.54, 1.807) is 16.0 Å². The second-order valence-electron chi connectivity index (χ2n) is 8.10. The summed E-state index contributed by atoms with van der Waals surface area (Å²) < 4.78 is 0. The van der Waals surface area contributed by atoms with Gasteiger partial charge in [-0.2, -0.15) is 0 Å². The number of rotatable bonds is 8. The first-order valence-corrected chi connectivity index (χ1v) is 10.6. The number of piperazine rings is 1. The van der Waals surface area contributed by atoms with Crippen LogP contribution in [0.5, 0.6) is 0 Å². The second kappa shape index (κ2) is 9.86. The maximum atomic E-state index is 13.4. The summed E-state index contributed by atoms with van der Waals surface area (Å²) in [5, 5.41) is 0. The number of pyridine rings is 1. The van der Waals surface area contributed by atoms with Crippen LogP contribution in [-0.2, 0) is 19.2 Å². The number of aryl methyl sites for hydroxylation is 1. The van der Waals surface area contributed by atoms with Gasteiger partial charge in [0, 0.05) is 38.8 Å². The summed E-state index contributed by atoms with van der Waals surface area (Å²) in [4.78, 5) is 58.4. The Hall–Kier alpha value is -3.01. The molecule has 168 valence electrons. The molecule has 2 aliphatic rings. The smallest absolute Gasteiger partial charge is 0.284 e. The van der Waals surface area contributed by atoms with E-state index in [2.05, 4.69) is 9.88 Å². The van der Waals surface area contributed by atoms with Crippen molar-refractivity contribution in [1.82, 2.24) is 14.8 Å². The van der Waals surface area contributed by atoms with Crippen LogP contribution in [-0.4, -0.2) is 83.1 Å². The van der Waals surface area contributed by atoms with Crippen LogP contribution >= 0.6 is 0 Å². The van der Waals surface area contributed by atoms with Gasteiger partial charge in [0.2, 0.25) is 17.6 Å². The summed E-state index contributed by atoms with van der Waals surface area (Å²) in [5.74, 6) is -1.46. The van der Waals surface area contributed by atoms with Gasteiger partial charge in [-0.05, 0) is 44.4 Å². The predicted molar refractivity (Wildman–Crippen MR) is 114 cm³/mol. The van der Waals surface area contributed by atoms with Crippen molar-refractivity contribution in [3.63, 3.8) is 0 Å². The van der Waals surface area contributed by atoms with Gasteiger partial charge in [-0.3, -0.25) is 24.1 Å². The lowest BCUT2D eigenvalue weighted by Crippen LogP contribution is -2.57. The molecule has 10 heteroatoms. The van der Waals surface area contributed by atoms with Gasteiger partial charge in [-0.15, -0.1) is 0 Å². The molecule has 0 bridgehead atoms. The maximum Gasteiger partial charge on any atom is 0.284 e. The van der Waals surface area contributed by atoms with E-state index in [1.165, 1.54) is 0 Å². The third kappa shape index (κ3) is 5.19. The number of likely N-dealkylation sites (tertiary alicyclic amines) is 1. The number of Topliss-reactive ketones (excluding diaryl/α,β-unsaturated/α-hetero) is 1. The molecule has 2 saturated heterocycles. The van der Waals surface area contributed by atoms with E-state index in [9.17, 15) is 19.2 Å². The maximum absolute atomic E-state index is 13.4. The van der Waals surface area contributed by atoms with E-state index in [-0.39, 0.29) is 18.7 Å². The SMILES string of the molecule is Cc1cccnc1N1CCN(C(=O)[C@H](CCC(=O)C(N)=O)N2CCCC2C(N)=O)CC1. The lowest BCUT2D eigenvalue weighted by molar-refractivity contribution is -0.140. The minimum Gasteiger partial charge on any atom is -0.368 e. The number of carbonyl (C=O) groups excluding carboxylic acids is 4. The largest absolute Gasteiger partial charge is 0.368 e. The topological polar surface area (TPSA) is 143 Å². The summed E-state index contributed by atoms with van der Waals surface area (Å²) in [5.41, 5.74) is 11.7. The zero-order chi connectivity index (χ0) is 22.5. The highest BCUT2D eigenvalue weighted by molar-refractivity contribution is 6.35. The Morgan fingerprint density at radius 1 is 1.13 bits per heavy atom. The lowest BCUT2D eigenvalue weighted by atomic mass is 10.0. The number of primary amides is 2. The highest BCUT2D eigenvalue weighted by Gasteiger charge is 2.40. The standard InChI is InChI=1S/C21H30N6O4/c1-14-4-2-8-24-20(14)25-10-12-26(13-11-25)21(31)16(6-7-17(28)19(23)30)27-9-3-5-15(27)18(22)29/h2,4,8,15-16H,3,5-7,9-13H2,1H3,(H2,22,29)(H2,23,30)/t15?,16-/m0/s1. The van der Waals surface area contributed by atoms with Crippen LogP contribution in [0.4, 0.5) is 5.82 Å². The fraction of sp³-hybridized carbons (Fsp3) is 0.571. The van der Waals surface area contributed by atoms with E-state index in [0.29, 0.717) is 39.1 Å². The molecule has 0 aromatic carbocycles. The zero-order valence-electron chi connectivity index (χ0n) is 17.8. The Balaban J connectivity index is 1.70. The Morgan fingerprint density at radius 2 is 1.84 bits per heavy atom. The summed E-state index contributed by atoms with van der Waals surface area (Å²) >= 11 is 0. The number of ketones is 1. The van der Waals surface area contributed by atoms with Crippen LogP contribution in [0, 0.1) is 6.92 Å². The Labute approximate surface area is 181 Å². The minimum absolute atomic E-state index is 0.129. The number of nitrogens with zero attached hydrogens (tertiary/aromatic N) is 4. The van der Waals surface area contributed by atoms with E-state index >= 15 is 0 Å². The molecule has 3 heterocycles. The molecule has 0 radical (unpaired) electrons. The number of anilines is 1. The van der Waals surface area contributed by atoms with Crippen molar-refractivity contribution >= 4 is 29.3 Å². The molecule has 0 spiro atoms. The number of nitrogens with two attached hydrogens (primary N) is 2. The van der Waals surface area contributed by atoms with Crippen LogP contribution in [0.3, 0.4) is 0 Å². The molecule has 1 unspecified atom stereocenters. The highest BCUT2D eigenvalue weighted by atomic mass is 16.2. The van der Waals surface area contributed by atoms with Gasteiger partial charge in [0.15, 0.2) is 0 Å². The van der Waals surface area contributed by atoms with Crippen molar-refractivity contribution in [3.05, 3.63) is 23.9 Å². The summed E-state index contributed by atoms with van der Waals surface area (Å²) in [6, 6.07) is 2.66. The van der Waals surface area contributed by atoms with Crippen molar-refractivity contribution in [2.75, 3.05) is 37.6 Å². The third-order valence-electron chi connectivity index (χ3n) is 6.10. The first-order valence-electron chi connectivity index (χ1n) is 10.6. The average Bonchev–Trinajstić information content (AvgIpc) is 3.24. The molecule has 0 saturated carbocycles. The normalized spacial score (nSPS) is 20.5. The molecule has 10 nitrogen and oxygen atoms in total. The Morgan fingerprint density at radius 3 is 2.45 bits per heavy atom. The molecular weight excluding hydrogens is 400 g/mol. The van der Waals surface area contributed by atoms with Gasteiger partial charge >= 0.3 is 0 Å². The Bertz CT molecular complexity index is 852. The molecule has 1 aromatic heterocycles. The Kier molecular flexibility index (Phi) is 7.21. The fourth-order valence-corrected chi connectivity index (χ4v) is 4.45.